The Labute approximate surface area is 171 Å². The summed E-state index contributed by atoms with van der Waals surface area (Å²) in [5, 5.41) is 5.37. The summed E-state index contributed by atoms with van der Waals surface area (Å²) in [5.41, 5.74) is 2.00. The Hall–Kier alpha value is -2.50. The molecule has 5 heteroatoms. The predicted molar refractivity (Wildman–Crippen MR) is 113 cm³/mol. The fourth-order valence-corrected chi connectivity index (χ4v) is 4.79. The molecule has 0 aromatic heterocycles. The quantitative estimate of drug-likeness (QED) is 0.874. The van der Waals surface area contributed by atoms with E-state index in [1.165, 1.54) is 5.22 Å². The van der Waals surface area contributed by atoms with Crippen molar-refractivity contribution in [3.05, 3.63) is 64.7 Å². The number of ether oxygens (including phenoxy) is 1. The largest absolute Gasteiger partial charge is 0.381 e. The molecule has 0 spiro atoms. The number of hydrogen-bond acceptors (Lipinski definition) is 4. The number of anilines is 1. The summed E-state index contributed by atoms with van der Waals surface area (Å²) in [6.07, 6.45) is 6.28. The fourth-order valence-electron chi connectivity index (χ4n) is 4.79. The van der Waals surface area contributed by atoms with Crippen LogP contribution in [0.3, 0.4) is 0 Å². The van der Waals surface area contributed by atoms with E-state index in [1.807, 2.05) is 30.3 Å². The minimum atomic E-state index is -0.0227. The molecule has 0 bridgehead atoms. The summed E-state index contributed by atoms with van der Waals surface area (Å²) in [6, 6.07) is 16.8. The number of nitrogens with zero attached hydrogens (tertiary/aromatic N) is 2. The van der Waals surface area contributed by atoms with Gasteiger partial charge in [0.15, 0.2) is 0 Å². The normalized spacial score (nSPS) is 24.6. The molecule has 1 N–H and O–H groups in total. The van der Waals surface area contributed by atoms with E-state index in [1.54, 1.807) is 0 Å². The van der Waals surface area contributed by atoms with Crippen LogP contribution in [0.5, 0.6) is 0 Å². The van der Waals surface area contributed by atoms with Gasteiger partial charge in [0.25, 0.3) is 0 Å². The number of hydrogen-bond donors (Lipinski definition) is 1. The van der Waals surface area contributed by atoms with Crippen molar-refractivity contribution in [2.45, 2.75) is 43.8 Å². The van der Waals surface area contributed by atoms with E-state index in [4.69, 9.17) is 9.73 Å². The zero-order valence-corrected chi connectivity index (χ0v) is 16.6. The zero-order valence-electron chi connectivity index (χ0n) is 16.6. The van der Waals surface area contributed by atoms with Gasteiger partial charge in [0.05, 0.1) is 17.4 Å². The van der Waals surface area contributed by atoms with Crippen LogP contribution in [0.15, 0.2) is 53.5 Å². The highest BCUT2D eigenvalue weighted by atomic mass is 16.5. The van der Waals surface area contributed by atoms with Crippen molar-refractivity contribution in [3.8, 4) is 0 Å². The monoisotopic (exact) mass is 389 g/mol. The Bertz CT molecular complexity index is 961. The van der Waals surface area contributed by atoms with Crippen molar-refractivity contribution in [1.82, 2.24) is 4.90 Å². The second kappa shape index (κ2) is 8.09. The minimum absolute atomic E-state index is 0.0227. The number of carbonyl (C=O) groups is 1. The van der Waals surface area contributed by atoms with Crippen molar-refractivity contribution in [3.63, 3.8) is 0 Å². The van der Waals surface area contributed by atoms with Crippen LogP contribution in [-0.4, -0.2) is 42.6 Å². The molecule has 2 aromatic carbocycles. The fraction of sp³-hybridized carbons (Fsp3) is 0.417. The lowest BCUT2D eigenvalue weighted by Crippen LogP contribution is -2.47. The van der Waals surface area contributed by atoms with Crippen molar-refractivity contribution in [2.24, 2.45) is 4.99 Å². The highest BCUT2D eigenvalue weighted by Crippen LogP contribution is 2.27. The molecule has 2 aromatic rings. The lowest BCUT2D eigenvalue weighted by Gasteiger charge is -2.34. The summed E-state index contributed by atoms with van der Waals surface area (Å²) >= 11 is 0. The van der Waals surface area contributed by atoms with E-state index in [2.05, 4.69) is 34.5 Å². The van der Waals surface area contributed by atoms with Crippen LogP contribution in [-0.2, 0) is 9.53 Å². The Morgan fingerprint density at radius 2 is 1.83 bits per heavy atom. The molecule has 2 fully saturated rings. The number of carbonyl (C=O) groups excluding carboxylic acids is 1. The first-order chi connectivity index (χ1) is 14.3. The number of rotatable bonds is 4. The first kappa shape index (κ1) is 18.5. The molecule has 3 aliphatic heterocycles. The molecule has 0 saturated carbocycles. The molecule has 0 radical (unpaired) electrons. The third-order valence-electron chi connectivity index (χ3n) is 6.33. The van der Waals surface area contributed by atoms with E-state index in [-0.39, 0.29) is 18.0 Å². The van der Waals surface area contributed by atoms with Gasteiger partial charge in [0, 0.05) is 24.9 Å². The van der Waals surface area contributed by atoms with Crippen molar-refractivity contribution in [2.75, 3.05) is 25.1 Å². The van der Waals surface area contributed by atoms with Crippen LogP contribution >= 0.6 is 0 Å². The Morgan fingerprint density at radius 1 is 1.03 bits per heavy atom. The maximum absolute atomic E-state index is 12.9. The smallest absolute Gasteiger partial charge is 0.241 e. The SMILES string of the molecule is O=C(Nc1ccc([C@@H]2C=c3ccccc3=N2)cc1)[C@@H]1CCCN1C1CCOCC1. The molecule has 2 saturated heterocycles. The van der Waals surface area contributed by atoms with Gasteiger partial charge >= 0.3 is 0 Å². The first-order valence-corrected chi connectivity index (χ1v) is 10.7. The highest BCUT2D eigenvalue weighted by molar-refractivity contribution is 5.95. The average Bonchev–Trinajstić information content (AvgIpc) is 3.42. The van der Waals surface area contributed by atoms with E-state index >= 15 is 0 Å². The lowest BCUT2D eigenvalue weighted by atomic mass is 10.1. The topological polar surface area (TPSA) is 53.9 Å². The molecule has 5 rings (SSSR count). The van der Waals surface area contributed by atoms with Crippen LogP contribution in [0.1, 0.15) is 37.3 Å². The number of amides is 1. The molecule has 1 amide bonds. The van der Waals surface area contributed by atoms with Gasteiger partial charge in [-0.3, -0.25) is 14.7 Å². The van der Waals surface area contributed by atoms with Crippen molar-refractivity contribution >= 4 is 17.7 Å². The van der Waals surface area contributed by atoms with E-state index in [0.29, 0.717) is 6.04 Å². The molecule has 0 unspecified atom stereocenters. The summed E-state index contributed by atoms with van der Waals surface area (Å²) in [6.45, 7) is 2.63. The molecule has 29 heavy (non-hydrogen) atoms. The second-order valence-electron chi connectivity index (χ2n) is 8.15. The minimum Gasteiger partial charge on any atom is -0.381 e. The first-order valence-electron chi connectivity index (χ1n) is 10.7. The highest BCUT2D eigenvalue weighted by Gasteiger charge is 2.35. The molecule has 2 atom stereocenters. The maximum Gasteiger partial charge on any atom is 0.241 e. The van der Waals surface area contributed by atoms with Gasteiger partial charge in [-0.05, 0) is 67.3 Å². The molecule has 5 nitrogen and oxygen atoms in total. The van der Waals surface area contributed by atoms with Gasteiger partial charge in [-0.1, -0.05) is 30.3 Å². The van der Waals surface area contributed by atoms with E-state index in [9.17, 15) is 4.79 Å². The number of fused-ring (bicyclic) bond motifs is 1. The third-order valence-corrected chi connectivity index (χ3v) is 6.33. The molecule has 0 aliphatic carbocycles. The summed E-state index contributed by atoms with van der Waals surface area (Å²) < 4.78 is 5.49. The van der Waals surface area contributed by atoms with Gasteiger partial charge in [0.1, 0.15) is 0 Å². The van der Waals surface area contributed by atoms with Gasteiger partial charge in [-0.25, -0.2) is 0 Å². The van der Waals surface area contributed by atoms with Crippen molar-refractivity contribution < 1.29 is 9.53 Å². The van der Waals surface area contributed by atoms with Crippen LogP contribution < -0.4 is 15.9 Å². The van der Waals surface area contributed by atoms with Crippen LogP contribution in [0, 0.1) is 0 Å². The second-order valence-corrected chi connectivity index (χ2v) is 8.15. The van der Waals surface area contributed by atoms with Crippen molar-refractivity contribution in [1.29, 1.82) is 0 Å². The molecular formula is C24H27N3O2. The lowest BCUT2D eigenvalue weighted by molar-refractivity contribution is -0.121. The maximum atomic E-state index is 12.9. The van der Waals surface area contributed by atoms with Crippen LogP contribution in [0.25, 0.3) is 6.08 Å². The number of benzene rings is 2. The number of nitrogens with one attached hydrogen (secondary N) is 1. The van der Waals surface area contributed by atoms with Crippen LogP contribution in [0.4, 0.5) is 5.69 Å². The average molecular weight is 389 g/mol. The van der Waals surface area contributed by atoms with Gasteiger partial charge in [-0.2, -0.15) is 0 Å². The predicted octanol–water partition coefficient (Wildman–Crippen LogP) is 2.42. The molecule has 150 valence electrons. The summed E-state index contributed by atoms with van der Waals surface area (Å²) in [5.74, 6) is 0.117. The Kier molecular flexibility index (Phi) is 5.17. The van der Waals surface area contributed by atoms with Gasteiger partial charge in [0.2, 0.25) is 5.91 Å². The summed E-state index contributed by atoms with van der Waals surface area (Å²) in [7, 11) is 0. The van der Waals surface area contributed by atoms with Gasteiger partial charge in [-0.15, -0.1) is 0 Å². The Balaban J connectivity index is 1.25. The molecule has 3 heterocycles. The molecular weight excluding hydrogens is 362 g/mol. The Morgan fingerprint density at radius 3 is 2.62 bits per heavy atom. The summed E-state index contributed by atoms with van der Waals surface area (Å²) in [4.78, 5) is 20.1. The zero-order chi connectivity index (χ0) is 19.6. The number of para-hydroxylation sites is 1. The molecule has 3 aliphatic rings. The van der Waals surface area contributed by atoms with Gasteiger partial charge < -0.3 is 10.1 Å². The number of likely N-dealkylation sites (tertiary alicyclic amines) is 1. The van der Waals surface area contributed by atoms with Crippen LogP contribution in [0.2, 0.25) is 0 Å². The third kappa shape index (κ3) is 3.85. The van der Waals surface area contributed by atoms with E-state index < -0.39 is 0 Å². The standard InChI is InChI=1S/C24H27N3O2/c28-24(23-6-3-13-27(23)20-11-14-29-15-12-20)25-19-9-7-17(8-10-19)22-16-18-4-1-2-5-21(18)26-22/h1-2,4-5,7-10,16,20,22-23H,3,6,11-15H2,(H,25,28)/t22-,23-/m0/s1. The van der Waals surface area contributed by atoms with E-state index in [0.717, 1.165) is 62.0 Å².